The molecule has 6 unspecified atom stereocenters. The van der Waals surface area contributed by atoms with Crippen LogP contribution in [0.3, 0.4) is 0 Å². The number of nitrogens with zero attached hydrogens (tertiary/aromatic N) is 7. The normalized spacial score (nSPS) is 25.8. The van der Waals surface area contributed by atoms with Crippen molar-refractivity contribution in [3.05, 3.63) is 106 Å². The SMILES string of the molecule is O=C(c1ccc(S(F)(F)(F)(F)F)cc1)N1CCC(c2c(F)cnc3nc(C4CN(C(=O)O)C5COCC5O4)[nH]c23)CC1.O=C(c1ccc(S(F)(F)(F)(F)F)cc1)N1CCC(c2c(F)cnc3nc(C4CNC5COCC5O4)[nH]c23)CC1. The Bertz CT molecular complexity index is 3450. The van der Waals surface area contributed by atoms with Crippen LogP contribution in [0.4, 0.5) is 52.4 Å². The van der Waals surface area contributed by atoms with Gasteiger partial charge in [-0.3, -0.25) is 14.5 Å². The van der Waals surface area contributed by atoms with E-state index in [-0.39, 0.29) is 123 Å². The molecular formula is C49H50F12N10O8S2. The van der Waals surface area contributed by atoms with Crippen molar-refractivity contribution in [2.75, 3.05) is 65.7 Å². The highest BCUT2D eigenvalue weighted by Crippen LogP contribution is 3.02. The number of likely N-dealkylation sites (tertiary alicyclic amines) is 2. The Kier molecular flexibility index (Phi) is 13.3. The first-order valence-electron chi connectivity index (χ1n) is 25.4. The number of aromatic amines is 2. The monoisotopic (exact) mass is 1200 g/mol. The lowest BCUT2D eigenvalue weighted by Crippen LogP contribution is -2.53. The number of ether oxygens (including phenoxy) is 4. The number of benzene rings is 2. The van der Waals surface area contributed by atoms with E-state index in [0.717, 1.165) is 36.7 Å². The molecule has 2 aromatic carbocycles. The van der Waals surface area contributed by atoms with E-state index in [2.05, 4.69) is 35.2 Å². The van der Waals surface area contributed by atoms with Crippen LogP contribution >= 0.6 is 20.4 Å². The van der Waals surface area contributed by atoms with E-state index in [1.807, 2.05) is 0 Å². The molecule has 4 N–H and O–H groups in total. The zero-order chi connectivity index (χ0) is 57.7. The number of carbonyl (C=O) groups is 3. The highest BCUT2D eigenvalue weighted by Gasteiger charge is 2.66. The van der Waals surface area contributed by atoms with E-state index < -0.39 is 78.0 Å². The number of halogens is 12. The van der Waals surface area contributed by atoms with Crippen LogP contribution in [0.1, 0.15) is 93.2 Å². The van der Waals surface area contributed by atoms with Gasteiger partial charge in [-0.05, 0) is 86.1 Å². The summed E-state index contributed by atoms with van der Waals surface area (Å²) in [6, 6.07) is 3.48. The number of fused-ring (bicyclic) bond motifs is 4. The van der Waals surface area contributed by atoms with Gasteiger partial charge in [0.15, 0.2) is 11.3 Å². The first kappa shape index (κ1) is 56.4. The van der Waals surface area contributed by atoms with E-state index in [9.17, 15) is 58.3 Å². The maximum atomic E-state index is 15.1. The van der Waals surface area contributed by atoms with E-state index in [4.69, 9.17) is 18.9 Å². The van der Waals surface area contributed by atoms with E-state index in [1.165, 1.54) is 14.7 Å². The number of morpholine rings is 2. The number of pyridine rings is 2. The van der Waals surface area contributed by atoms with Gasteiger partial charge in [0, 0.05) is 55.0 Å². The predicted octanol–water partition coefficient (Wildman–Crippen LogP) is 10.8. The number of hydrogen-bond acceptors (Lipinski definition) is 12. The lowest BCUT2D eigenvalue weighted by Gasteiger charge is -2.40. The molecule has 440 valence electrons. The average molecular weight is 1200 g/mol. The fourth-order valence-electron chi connectivity index (χ4n) is 11.3. The molecule has 4 aromatic heterocycles. The Hall–Kier alpha value is -6.45. The molecule has 0 spiro atoms. The highest BCUT2D eigenvalue weighted by molar-refractivity contribution is 8.46. The quantitative estimate of drug-likeness (QED) is 0.105. The predicted molar refractivity (Wildman–Crippen MR) is 266 cm³/mol. The van der Waals surface area contributed by atoms with Crippen LogP contribution in [-0.4, -0.2) is 158 Å². The van der Waals surface area contributed by atoms with Crippen molar-refractivity contribution in [2.24, 2.45) is 0 Å². The molecule has 12 rings (SSSR count). The fraction of sp³-hybridized carbons (Fsp3) is 0.449. The summed E-state index contributed by atoms with van der Waals surface area (Å²) < 4.78 is 183. The van der Waals surface area contributed by atoms with E-state index in [0.29, 0.717) is 79.1 Å². The smallest absolute Gasteiger partial charge is 0.407 e. The van der Waals surface area contributed by atoms with Gasteiger partial charge in [0.25, 0.3) is 11.8 Å². The molecular weight excluding hydrogens is 1150 g/mol. The fourth-order valence-corrected chi connectivity index (χ4v) is 12.6. The molecule has 6 aromatic rings. The van der Waals surface area contributed by atoms with Crippen molar-refractivity contribution in [2.45, 2.75) is 83.8 Å². The number of imidazole rings is 2. The molecule has 81 heavy (non-hydrogen) atoms. The number of aromatic nitrogens is 6. The summed E-state index contributed by atoms with van der Waals surface area (Å²) in [5, 5.41) is 13.0. The van der Waals surface area contributed by atoms with Crippen LogP contribution < -0.4 is 5.32 Å². The third-order valence-corrected chi connectivity index (χ3v) is 17.8. The standard InChI is InChI=1S/C25H25F6N5O5S.C24H25F6N5O3S/c26-16-9-32-23-21(33-22(34-23)18-10-36(25(38)39)17-11-40-12-19(17)41-18)20(16)13-5-7-35(8-6-13)24(37)14-1-3-15(4-2-14)42(27,28,29,30)31;25-16-9-32-23-21(33-22(34-23)18-10-31-17-11-37-12-19(17)38-18)20(16)13-5-7-35(8-6-13)24(36)14-1-3-15(4-2-14)39(26,27,28,29)30/h1-4,9,13,17-19H,5-8,10-12H2,(H,38,39)(H,32,33,34);1-4,9,13,17-19,31H,5-8,10-12H2,(H,32,33,34). The number of piperidine rings is 2. The molecule has 18 nitrogen and oxygen atoms in total. The van der Waals surface area contributed by atoms with Crippen LogP contribution in [-0.2, 0) is 18.9 Å². The minimum atomic E-state index is -9.86. The number of carboxylic acid groups (broad SMARTS) is 1. The first-order valence-corrected chi connectivity index (χ1v) is 29.3. The summed E-state index contributed by atoms with van der Waals surface area (Å²) in [5.74, 6) is -2.18. The van der Waals surface area contributed by atoms with Gasteiger partial charge < -0.3 is 49.1 Å². The summed E-state index contributed by atoms with van der Waals surface area (Å²) in [6.45, 7) is 2.67. The van der Waals surface area contributed by atoms with Gasteiger partial charge in [-0.2, -0.15) is 0 Å². The third-order valence-electron chi connectivity index (χ3n) is 15.4. The van der Waals surface area contributed by atoms with Gasteiger partial charge in [0.2, 0.25) is 0 Å². The van der Waals surface area contributed by atoms with Crippen molar-refractivity contribution in [3.63, 3.8) is 0 Å². The summed E-state index contributed by atoms with van der Waals surface area (Å²) in [7, 11) is -19.7. The Morgan fingerprint density at radius 1 is 0.580 bits per heavy atom. The minimum Gasteiger partial charge on any atom is -0.465 e. The minimum absolute atomic E-state index is 0.0128. The largest absolute Gasteiger partial charge is 0.465 e. The average Bonchev–Trinajstić information content (AvgIpc) is 4.42. The van der Waals surface area contributed by atoms with Crippen LogP contribution in [0.2, 0.25) is 0 Å². The number of nitrogens with one attached hydrogen (secondary N) is 3. The first-order chi connectivity index (χ1) is 37.8. The maximum absolute atomic E-state index is 15.1. The lowest BCUT2D eigenvalue weighted by molar-refractivity contribution is -0.0968. The van der Waals surface area contributed by atoms with Crippen LogP contribution in [0, 0.1) is 11.6 Å². The second-order valence-corrected chi connectivity index (χ2v) is 25.5. The van der Waals surface area contributed by atoms with Gasteiger partial charge in [-0.1, -0.05) is 38.9 Å². The third kappa shape index (κ3) is 11.6. The second kappa shape index (κ2) is 19.1. The van der Waals surface area contributed by atoms with Gasteiger partial charge in [0.05, 0.1) is 74.6 Å². The molecule has 6 saturated heterocycles. The number of carbonyl (C=O) groups excluding carboxylic acids is 2. The molecule has 0 saturated carbocycles. The van der Waals surface area contributed by atoms with Crippen LogP contribution in [0.5, 0.6) is 0 Å². The van der Waals surface area contributed by atoms with Gasteiger partial charge in [-0.25, -0.2) is 33.5 Å². The molecule has 0 radical (unpaired) electrons. The van der Waals surface area contributed by atoms with E-state index >= 15 is 8.78 Å². The molecule has 6 aliphatic heterocycles. The van der Waals surface area contributed by atoms with Crippen molar-refractivity contribution in [3.8, 4) is 0 Å². The summed E-state index contributed by atoms with van der Waals surface area (Å²) in [6.07, 6.45) is 0.634. The molecule has 0 bridgehead atoms. The zero-order valence-electron chi connectivity index (χ0n) is 42.1. The number of rotatable bonds is 8. The zero-order valence-corrected chi connectivity index (χ0v) is 43.7. The molecule has 6 atom stereocenters. The highest BCUT2D eigenvalue weighted by atomic mass is 32.5. The Labute approximate surface area is 451 Å². The lowest BCUT2D eigenvalue weighted by atomic mass is 9.88. The topological polar surface area (TPSA) is 213 Å². The Morgan fingerprint density at radius 3 is 1.47 bits per heavy atom. The van der Waals surface area contributed by atoms with Gasteiger partial charge in [0.1, 0.15) is 51.4 Å². The van der Waals surface area contributed by atoms with Gasteiger partial charge >= 0.3 is 26.5 Å². The van der Waals surface area contributed by atoms with Crippen LogP contribution in [0.15, 0.2) is 70.7 Å². The Morgan fingerprint density at radius 2 is 1.01 bits per heavy atom. The van der Waals surface area contributed by atoms with E-state index in [1.54, 1.807) is 0 Å². The molecule has 0 aliphatic carbocycles. The molecule has 6 aliphatic rings. The second-order valence-electron chi connectivity index (χ2n) is 20.7. The molecule has 6 fully saturated rings. The van der Waals surface area contributed by atoms with Crippen molar-refractivity contribution >= 4 is 60.7 Å². The molecule has 3 amide bonds. The van der Waals surface area contributed by atoms with Crippen molar-refractivity contribution in [1.82, 2.24) is 49.9 Å². The number of amides is 3. The molecule has 32 heteroatoms. The number of H-pyrrole nitrogens is 2. The maximum Gasteiger partial charge on any atom is 0.407 e. The Balaban J connectivity index is 0.000000171. The van der Waals surface area contributed by atoms with Crippen LogP contribution in [0.25, 0.3) is 22.3 Å². The molecule has 10 heterocycles. The summed E-state index contributed by atoms with van der Waals surface area (Å²) >= 11 is 0. The summed E-state index contributed by atoms with van der Waals surface area (Å²) in [5.41, 5.74) is 1.71. The van der Waals surface area contributed by atoms with Crippen molar-refractivity contribution < 1.29 is 86.1 Å². The van der Waals surface area contributed by atoms with Gasteiger partial charge in [-0.15, -0.1) is 0 Å². The number of hydrogen-bond donors (Lipinski definition) is 4. The summed E-state index contributed by atoms with van der Waals surface area (Å²) in [4.78, 5) is 60.8. The van der Waals surface area contributed by atoms with Crippen molar-refractivity contribution in [1.29, 1.82) is 0 Å².